The second kappa shape index (κ2) is 8.37. The quantitative estimate of drug-likeness (QED) is 0.437. The van der Waals surface area contributed by atoms with Gasteiger partial charge in [-0.1, -0.05) is 78.9 Å². The predicted molar refractivity (Wildman–Crippen MR) is 107 cm³/mol. The number of aliphatic hydroxyl groups excluding tert-OH is 1. The number of alkyl halides is 1. The van der Waals surface area contributed by atoms with Crippen LogP contribution in [0.1, 0.15) is 16.7 Å². The van der Waals surface area contributed by atoms with Crippen molar-refractivity contribution in [2.45, 2.75) is 11.7 Å². The molecular formula is C22H22ClNO2. The van der Waals surface area contributed by atoms with Gasteiger partial charge in [0.15, 0.2) is 0 Å². The summed E-state index contributed by atoms with van der Waals surface area (Å²) in [6.45, 7) is 0.306. The maximum absolute atomic E-state index is 11.9. The lowest BCUT2D eigenvalue weighted by molar-refractivity contribution is 0.126. The highest BCUT2D eigenvalue weighted by Gasteiger charge is 2.35. The monoisotopic (exact) mass is 367 g/mol. The van der Waals surface area contributed by atoms with E-state index in [1.165, 1.54) is 0 Å². The molecule has 0 amide bonds. The molecule has 0 bridgehead atoms. The maximum Gasteiger partial charge on any atom is 0.142 e. The van der Waals surface area contributed by atoms with Gasteiger partial charge in [0.25, 0.3) is 0 Å². The number of para-hydroxylation sites is 1. The Morgan fingerprint density at radius 3 is 1.85 bits per heavy atom. The summed E-state index contributed by atoms with van der Waals surface area (Å²) in [6.07, 6.45) is -0.661. The van der Waals surface area contributed by atoms with E-state index in [9.17, 15) is 10.2 Å². The molecule has 3 nitrogen and oxygen atoms in total. The van der Waals surface area contributed by atoms with Gasteiger partial charge in [-0.05, 0) is 17.2 Å². The lowest BCUT2D eigenvalue weighted by Crippen LogP contribution is -2.31. The van der Waals surface area contributed by atoms with Crippen LogP contribution in [0, 0.1) is 0 Å². The van der Waals surface area contributed by atoms with Gasteiger partial charge in [0.1, 0.15) is 5.60 Å². The van der Waals surface area contributed by atoms with E-state index in [-0.39, 0.29) is 5.88 Å². The Bertz CT molecular complexity index is 784. The molecular weight excluding hydrogens is 346 g/mol. The minimum Gasteiger partial charge on any atom is -0.390 e. The fourth-order valence-electron chi connectivity index (χ4n) is 3.07. The van der Waals surface area contributed by atoms with E-state index in [4.69, 9.17) is 11.6 Å². The molecule has 0 aliphatic heterocycles. The summed E-state index contributed by atoms with van der Waals surface area (Å²) in [5.74, 6) is 0.150. The highest BCUT2D eigenvalue weighted by molar-refractivity contribution is 6.18. The van der Waals surface area contributed by atoms with E-state index in [1.807, 2.05) is 84.9 Å². The highest BCUT2D eigenvalue weighted by atomic mass is 35.5. The Hall–Kier alpha value is -2.33. The molecule has 4 heteroatoms. The summed E-state index contributed by atoms with van der Waals surface area (Å²) in [4.78, 5) is 0. The third-order valence-electron chi connectivity index (χ3n) is 4.41. The van der Waals surface area contributed by atoms with Crippen LogP contribution in [0.3, 0.4) is 0 Å². The smallest absolute Gasteiger partial charge is 0.142 e. The van der Waals surface area contributed by atoms with Crippen molar-refractivity contribution in [1.29, 1.82) is 0 Å². The summed E-state index contributed by atoms with van der Waals surface area (Å²) >= 11 is 5.70. The lowest BCUT2D eigenvalue weighted by Gasteiger charge is -2.32. The van der Waals surface area contributed by atoms with Gasteiger partial charge in [-0.2, -0.15) is 0 Å². The molecule has 0 spiro atoms. The fraction of sp³-hybridized carbons (Fsp3) is 0.182. The van der Waals surface area contributed by atoms with E-state index >= 15 is 0 Å². The average Bonchev–Trinajstić information content (AvgIpc) is 2.73. The molecule has 0 aliphatic carbocycles. The minimum atomic E-state index is -1.32. The maximum atomic E-state index is 11.9. The molecule has 0 aliphatic rings. The van der Waals surface area contributed by atoms with Crippen LogP contribution in [0.15, 0.2) is 84.9 Å². The Morgan fingerprint density at radius 1 is 0.808 bits per heavy atom. The molecule has 0 saturated heterocycles. The van der Waals surface area contributed by atoms with Crippen LogP contribution in [0.5, 0.6) is 0 Å². The van der Waals surface area contributed by atoms with Crippen LogP contribution in [0.4, 0.5) is 5.69 Å². The summed E-state index contributed by atoms with van der Waals surface area (Å²) < 4.78 is 0. The van der Waals surface area contributed by atoms with Gasteiger partial charge in [0.05, 0.1) is 12.0 Å². The number of aliphatic hydroxyl groups is 2. The van der Waals surface area contributed by atoms with Crippen molar-refractivity contribution < 1.29 is 10.2 Å². The summed E-state index contributed by atoms with van der Waals surface area (Å²) in [6, 6.07) is 26.8. The van der Waals surface area contributed by atoms with Gasteiger partial charge in [0.2, 0.25) is 0 Å². The van der Waals surface area contributed by atoms with Crippen LogP contribution in [0.2, 0.25) is 0 Å². The summed E-state index contributed by atoms with van der Waals surface area (Å²) in [7, 11) is 0. The number of hydrogen-bond donors (Lipinski definition) is 3. The van der Waals surface area contributed by atoms with Crippen LogP contribution in [0.25, 0.3) is 0 Å². The zero-order valence-electron chi connectivity index (χ0n) is 14.3. The van der Waals surface area contributed by atoms with E-state index in [0.29, 0.717) is 6.54 Å². The van der Waals surface area contributed by atoms with Crippen molar-refractivity contribution in [2.24, 2.45) is 0 Å². The molecule has 134 valence electrons. The standard InChI is InChI=1S/C22H22ClNO2/c23-15-19(25)16-24-21-14-8-7-13-20(21)22(26,17-9-3-1-4-10-17)18-11-5-2-6-12-18/h1-14,19,24-26H,15-16H2. The average molecular weight is 368 g/mol. The van der Waals surface area contributed by atoms with Crippen LogP contribution < -0.4 is 5.32 Å². The molecule has 0 heterocycles. The molecule has 0 aromatic heterocycles. The summed E-state index contributed by atoms with van der Waals surface area (Å²) in [5.41, 5.74) is 1.71. The Balaban J connectivity index is 2.12. The molecule has 3 rings (SSSR count). The molecule has 26 heavy (non-hydrogen) atoms. The van der Waals surface area contributed by atoms with E-state index in [0.717, 1.165) is 22.4 Å². The normalized spacial score (nSPS) is 12.6. The highest BCUT2D eigenvalue weighted by Crippen LogP contribution is 2.40. The van der Waals surface area contributed by atoms with Crippen molar-refractivity contribution in [3.63, 3.8) is 0 Å². The molecule has 0 fully saturated rings. The molecule has 0 radical (unpaired) electrons. The van der Waals surface area contributed by atoms with Crippen molar-refractivity contribution in [3.05, 3.63) is 102 Å². The number of benzene rings is 3. The van der Waals surface area contributed by atoms with Gasteiger partial charge >= 0.3 is 0 Å². The number of rotatable bonds is 7. The number of halogens is 1. The first-order valence-corrected chi connectivity index (χ1v) is 9.10. The number of hydrogen-bond acceptors (Lipinski definition) is 3. The fourth-order valence-corrected chi connectivity index (χ4v) is 3.18. The van der Waals surface area contributed by atoms with Gasteiger partial charge in [-0.25, -0.2) is 0 Å². The lowest BCUT2D eigenvalue weighted by atomic mass is 9.79. The SMILES string of the molecule is OC(CCl)CNc1ccccc1C(O)(c1ccccc1)c1ccccc1. The Kier molecular flexibility index (Phi) is 5.94. The van der Waals surface area contributed by atoms with Crippen LogP contribution in [-0.2, 0) is 5.60 Å². The second-order valence-electron chi connectivity index (χ2n) is 6.18. The van der Waals surface area contributed by atoms with Crippen LogP contribution >= 0.6 is 11.6 Å². The first kappa shape index (κ1) is 18.5. The van der Waals surface area contributed by atoms with Gasteiger partial charge < -0.3 is 15.5 Å². The van der Waals surface area contributed by atoms with E-state index < -0.39 is 11.7 Å². The van der Waals surface area contributed by atoms with Crippen molar-refractivity contribution >= 4 is 17.3 Å². The van der Waals surface area contributed by atoms with Crippen molar-refractivity contribution in [1.82, 2.24) is 0 Å². The number of anilines is 1. The number of nitrogens with one attached hydrogen (secondary N) is 1. The molecule has 3 aromatic rings. The first-order chi connectivity index (χ1) is 12.7. The van der Waals surface area contributed by atoms with E-state index in [2.05, 4.69) is 5.32 Å². The Labute approximate surface area is 158 Å². The molecule has 3 N–H and O–H groups in total. The van der Waals surface area contributed by atoms with Crippen LogP contribution in [-0.4, -0.2) is 28.7 Å². The molecule has 1 unspecified atom stereocenters. The Morgan fingerprint density at radius 2 is 1.31 bits per heavy atom. The minimum absolute atomic E-state index is 0.150. The predicted octanol–water partition coefficient (Wildman–Crippen LogP) is 3.98. The topological polar surface area (TPSA) is 52.5 Å². The summed E-state index contributed by atoms with van der Waals surface area (Å²) in [5, 5.41) is 24.9. The molecule has 3 aromatic carbocycles. The molecule has 1 atom stereocenters. The van der Waals surface area contributed by atoms with Gasteiger partial charge in [0, 0.05) is 17.8 Å². The second-order valence-corrected chi connectivity index (χ2v) is 6.49. The zero-order valence-corrected chi connectivity index (χ0v) is 15.1. The third-order valence-corrected chi connectivity index (χ3v) is 4.76. The largest absolute Gasteiger partial charge is 0.390 e. The van der Waals surface area contributed by atoms with Crippen molar-refractivity contribution in [2.75, 3.05) is 17.7 Å². The van der Waals surface area contributed by atoms with Gasteiger partial charge in [-0.3, -0.25) is 0 Å². The zero-order chi connectivity index (χ0) is 18.4. The first-order valence-electron chi connectivity index (χ1n) is 8.57. The van der Waals surface area contributed by atoms with Gasteiger partial charge in [-0.15, -0.1) is 11.6 Å². The van der Waals surface area contributed by atoms with E-state index in [1.54, 1.807) is 0 Å². The third kappa shape index (κ3) is 3.75. The molecule has 0 saturated carbocycles. The van der Waals surface area contributed by atoms with Crippen molar-refractivity contribution in [3.8, 4) is 0 Å².